The number of rotatable bonds is 12. The van der Waals surface area contributed by atoms with Gasteiger partial charge in [-0.15, -0.1) is 0 Å². The smallest absolute Gasteiger partial charge is 0.303 e. The maximum atomic E-state index is 10.5. The van der Waals surface area contributed by atoms with E-state index in [2.05, 4.69) is 24.2 Å². The number of aliphatic hydroxyl groups is 2. The first-order chi connectivity index (χ1) is 13.0. The van der Waals surface area contributed by atoms with Crippen molar-refractivity contribution < 1.29 is 25.0 Å². The molecule has 27 heavy (non-hydrogen) atoms. The van der Waals surface area contributed by atoms with Crippen molar-refractivity contribution in [3.63, 3.8) is 0 Å². The van der Waals surface area contributed by atoms with Gasteiger partial charge in [-0.1, -0.05) is 44.4 Å². The Bertz CT molecular complexity index is 577. The molecule has 152 valence electrons. The molecule has 0 heterocycles. The van der Waals surface area contributed by atoms with Crippen LogP contribution in [0.2, 0.25) is 0 Å². The first-order valence-corrected chi connectivity index (χ1v) is 10.2. The van der Waals surface area contributed by atoms with Crippen molar-refractivity contribution in [2.75, 3.05) is 6.61 Å². The van der Waals surface area contributed by atoms with Gasteiger partial charge in [0.2, 0.25) is 0 Å². The summed E-state index contributed by atoms with van der Waals surface area (Å²) in [6, 6.07) is 0. The third-order valence-corrected chi connectivity index (χ3v) is 5.37. The molecule has 0 aromatic carbocycles. The van der Waals surface area contributed by atoms with Crippen LogP contribution in [0.3, 0.4) is 0 Å². The molecule has 0 aromatic rings. The number of carboxylic acids is 1. The molecule has 0 amide bonds. The van der Waals surface area contributed by atoms with E-state index >= 15 is 0 Å². The van der Waals surface area contributed by atoms with E-state index in [4.69, 9.17) is 9.94 Å². The van der Waals surface area contributed by atoms with Gasteiger partial charge in [0.1, 0.15) is 6.10 Å². The van der Waals surface area contributed by atoms with Gasteiger partial charge in [-0.3, -0.25) is 15.1 Å². The molecule has 6 heteroatoms. The Morgan fingerprint density at radius 1 is 1.26 bits per heavy atom. The van der Waals surface area contributed by atoms with Crippen LogP contribution < -0.4 is 5.48 Å². The van der Waals surface area contributed by atoms with Crippen LogP contribution in [0.25, 0.3) is 0 Å². The zero-order chi connectivity index (χ0) is 19.6. The number of unbranched alkanes of at least 4 members (excludes halogenated alkanes) is 4. The number of carboxylic acid groups (broad SMARTS) is 1. The van der Waals surface area contributed by atoms with Crippen molar-refractivity contribution in [1.82, 2.24) is 5.48 Å². The molecule has 0 aliphatic heterocycles. The van der Waals surface area contributed by atoms with Gasteiger partial charge in [0, 0.05) is 18.0 Å². The molecule has 6 nitrogen and oxygen atoms in total. The molecule has 4 N–H and O–H groups in total. The fraction of sp³-hybridized carbons (Fsp3) is 0.762. The number of hydrogen-bond donors (Lipinski definition) is 4. The quantitative estimate of drug-likeness (QED) is 0.236. The van der Waals surface area contributed by atoms with Gasteiger partial charge in [0.25, 0.3) is 0 Å². The first-order valence-electron chi connectivity index (χ1n) is 10.2. The van der Waals surface area contributed by atoms with Gasteiger partial charge >= 0.3 is 5.97 Å². The summed E-state index contributed by atoms with van der Waals surface area (Å²) in [4.78, 5) is 15.8. The number of nitrogens with one attached hydrogen (secondary N) is 1. The molecule has 1 fully saturated rings. The highest BCUT2D eigenvalue weighted by Gasteiger charge is 2.45. The summed E-state index contributed by atoms with van der Waals surface area (Å²) >= 11 is 0. The summed E-state index contributed by atoms with van der Waals surface area (Å²) in [6.07, 6.45) is 7.29. The number of hydroxylamine groups is 1. The SMILES string of the molecule is CCCCCCCC(O)C#CC1C(O)CC2=C(NOCCCC(=O)O)CC21. The van der Waals surface area contributed by atoms with Gasteiger partial charge < -0.3 is 15.3 Å². The fourth-order valence-corrected chi connectivity index (χ4v) is 3.75. The topological polar surface area (TPSA) is 99.0 Å². The number of carbonyl (C=O) groups is 1. The maximum absolute atomic E-state index is 10.5. The number of fused-ring (bicyclic) bond motifs is 1. The van der Waals surface area contributed by atoms with E-state index in [1.165, 1.54) is 19.3 Å². The lowest BCUT2D eigenvalue weighted by molar-refractivity contribution is -0.137. The highest BCUT2D eigenvalue weighted by atomic mass is 16.6. The molecule has 0 spiro atoms. The molecular formula is C21H33NO5. The average molecular weight is 379 g/mol. The molecule has 2 aliphatic rings. The molecule has 0 radical (unpaired) electrons. The molecule has 0 saturated heterocycles. The number of aliphatic hydroxyl groups excluding tert-OH is 2. The van der Waals surface area contributed by atoms with Crippen LogP contribution in [-0.4, -0.2) is 40.1 Å². The minimum Gasteiger partial charge on any atom is -0.481 e. The summed E-state index contributed by atoms with van der Waals surface area (Å²) < 4.78 is 0. The van der Waals surface area contributed by atoms with Crippen molar-refractivity contribution in [3.8, 4) is 11.8 Å². The lowest BCUT2D eigenvalue weighted by atomic mass is 9.79. The molecule has 2 rings (SSSR count). The zero-order valence-corrected chi connectivity index (χ0v) is 16.2. The highest BCUT2D eigenvalue weighted by Crippen LogP contribution is 2.48. The van der Waals surface area contributed by atoms with Gasteiger partial charge in [-0.2, -0.15) is 0 Å². The molecule has 2 aliphatic carbocycles. The van der Waals surface area contributed by atoms with E-state index in [1.807, 2.05) is 0 Å². The molecular weight excluding hydrogens is 346 g/mol. The number of allylic oxidation sites excluding steroid dienone is 1. The van der Waals surface area contributed by atoms with E-state index in [1.54, 1.807) is 0 Å². The van der Waals surface area contributed by atoms with Gasteiger partial charge in [-0.05, 0) is 37.7 Å². The van der Waals surface area contributed by atoms with Crippen LogP contribution >= 0.6 is 0 Å². The van der Waals surface area contributed by atoms with Gasteiger partial charge in [0.05, 0.1) is 18.6 Å². The third kappa shape index (κ3) is 6.84. The van der Waals surface area contributed by atoms with E-state index < -0.39 is 18.2 Å². The van der Waals surface area contributed by atoms with Crippen LogP contribution in [0, 0.1) is 23.7 Å². The minimum atomic E-state index is -0.826. The monoisotopic (exact) mass is 379 g/mol. The van der Waals surface area contributed by atoms with Crippen molar-refractivity contribution >= 4 is 5.97 Å². The standard InChI is InChI=1S/C21H33NO5/c1-2-3-4-5-6-8-15(23)10-11-16-17-13-19(18(17)14-20(16)24)22-27-12-7-9-21(25)26/h15-17,20,22-24H,2-9,12-14H2,1H3,(H,25,26). The summed E-state index contributed by atoms with van der Waals surface area (Å²) in [6.45, 7) is 2.52. The second kappa shape index (κ2) is 11.3. The maximum Gasteiger partial charge on any atom is 0.303 e. The summed E-state index contributed by atoms with van der Waals surface area (Å²) in [5.74, 6) is 5.32. The van der Waals surface area contributed by atoms with Crippen LogP contribution in [0.1, 0.15) is 71.1 Å². The second-order valence-corrected chi connectivity index (χ2v) is 7.57. The lowest BCUT2D eigenvalue weighted by Gasteiger charge is -2.30. The Balaban J connectivity index is 1.71. The van der Waals surface area contributed by atoms with Crippen molar-refractivity contribution in [1.29, 1.82) is 0 Å². The van der Waals surface area contributed by atoms with Gasteiger partial charge in [0.15, 0.2) is 0 Å². The Hall–Kier alpha value is -1.55. The largest absolute Gasteiger partial charge is 0.481 e. The van der Waals surface area contributed by atoms with E-state index in [0.29, 0.717) is 25.9 Å². The first kappa shape index (κ1) is 21.7. The van der Waals surface area contributed by atoms with Crippen molar-refractivity contribution in [3.05, 3.63) is 11.3 Å². The zero-order valence-electron chi connectivity index (χ0n) is 16.2. The fourth-order valence-electron chi connectivity index (χ4n) is 3.75. The Labute approximate surface area is 161 Å². The van der Waals surface area contributed by atoms with E-state index in [-0.39, 0.29) is 18.3 Å². The van der Waals surface area contributed by atoms with Crippen LogP contribution in [0.5, 0.6) is 0 Å². The predicted octanol–water partition coefficient (Wildman–Crippen LogP) is 2.75. The Kier molecular flexibility index (Phi) is 9.12. The third-order valence-electron chi connectivity index (χ3n) is 5.37. The normalized spacial score (nSPS) is 24.6. The van der Waals surface area contributed by atoms with Crippen LogP contribution in [0.4, 0.5) is 0 Å². The van der Waals surface area contributed by atoms with Crippen molar-refractivity contribution in [2.24, 2.45) is 11.8 Å². The van der Waals surface area contributed by atoms with Crippen molar-refractivity contribution in [2.45, 2.75) is 83.3 Å². The average Bonchev–Trinajstić information content (AvgIpc) is 2.86. The predicted molar refractivity (Wildman–Crippen MR) is 102 cm³/mol. The molecule has 0 bridgehead atoms. The number of hydrogen-bond acceptors (Lipinski definition) is 5. The minimum absolute atomic E-state index is 0.0908. The molecule has 4 atom stereocenters. The summed E-state index contributed by atoms with van der Waals surface area (Å²) in [5, 5.41) is 28.9. The number of aliphatic carboxylic acids is 1. The van der Waals surface area contributed by atoms with E-state index in [0.717, 1.165) is 30.5 Å². The summed E-state index contributed by atoms with van der Waals surface area (Å²) in [5.41, 5.74) is 5.02. The van der Waals surface area contributed by atoms with E-state index in [9.17, 15) is 15.0 Å². The van der Waals surface area contributed by atoms with Crippen LogP contribution in [0.15, 0.2) is 11.3 Å². The highest BCUT2D eigenvalue weighted by molar-refractivity contribution is 5.66. The molecule has 0 aromatic heterocycles. The lowest BCUT2D eigenvalue weighted by Crippen LogP contribution is -2.30. The Morgan fingerprint density at radius 3 is 2.78 bits per heavy atom. The molecule has 1 saturated carbocycles. The van der Waals surface area contributed by atoms with Crippen LogP contribution in [-0.2, 0) is 9.63 Å². The summed E-state index contributed by atoms with van der Waals surface area (Å²) in [7, 11) is 0. The van der Waals surface area contributed by atoms with Gasteiger partial charge in [-0.25, -0.2) is 0 Å². The molecule has 4 unspecified atom stereocenters. The Morgan fingerprint density at radius 2 is 2.04 bits per heavy atom. The second-order valence-electron chi connectivity index (χ2n) is 7.57.